The average Bonchev–Trinajstić information content (AvgIpc) is 2.12. The van der Waals surface area contributed by atoms with E-state index in [4.69, 9.17) is 0 Å². The van der Waals surface area contributed by atoms with Crippen LogP contribution in [-0.4, -0.2) is 24.2 Å². The lowest BCUT2D eigenvalue weighted by Crippen LogP contribution is -2.34. The third-order valence-electron chi connectivity index (χ3n) is 2.00. The highest BCUT2D eigenvalue weighted by Crippen LogP contribution is 1.93. The molecule has 0 spiro atoms. The van der Waals surface area contributed by atoms with Crippen LogP contribution in [0.25, 0.3) is 0 Å². The molecule has 1 atom stereocenters. The first kappa shape index (κ1) is 15.4. The van der Waals surface area contributed by atoms with Gasteiger partial charge in [-0.15, -0.1) is 0 Å². The van der Waals surface area contributed by atoms with Crippen LogP contribution in [0.3, 0.4) is 0 Å². The topological polar surface area (TPSA) is 58.2 Å². The molecule has 0 rings (SSSR count). The number of nitrogens with one attached hydrogen (secondary N) is 2. The van der Waals surface area contributed by atoms with Crippen molar-refractivity contribution in [2.45, 2.75) is 40.7 Å². The predicted octanol–water partition coefficient (Wildman–Crippen LogP) is 1.54. The molecule has 0 aromatic heterocycles. The van der Waals surface area contributed by atoms with Gasteiger partial charge in [0.2, 0.25) is 0 Å². The summed E-state index contributed by atoms with van der Waals surface area (Å²) in [5.41, 5.74) is 1.69. The summed E-state index contributed by atoms with van der Waals surface area (Å²) in [6.45, 7) is 9.45. The van der Waals surface area contributed by atoms with E-state index in [1.54, 1.807) is 12.2 Å². The lowest BCUT2D eigenvalue weighted by molar-refractivity contribution is -0.113. The molecular formula is C13H22N2O2. The highest BCUT2D eigenvalue weighted by atomic mass is 16.1. The zero-order chi connectivity index (χ0) is 13.4. The summed E-state index contributed by atoms with van der Waals surface area (Å²) >= 11 is 0. The number of rotatable bonds is 7. The summed E-state index contributed by atoms with van der Waals surface area (Å²) < 4.78 is 0. The van der Waals surface area contributed by atoms with Crippen LogP contribution in [0, 0.1) is 0 Å². The normalized spacial score (nSPS) is 14.2. The maximum atomic E-state index is 10.8. The zero-order valence-corrected chi connectivity index (χ0v) is 11.3. The number of allylic oxidation sites excluding steroid dienone is 4. The molecule has 0 aliphatic carbocycles. The number of hydrogen-bond donors (Lipinski definition) is 2. The van der Waals surface area contributed by atoms with Gasteiger partial charge in [-0.1, -0.05) is 0 Å². The Hall–Kier alpha value is -1.58. The number of carbonyl (C=O) groups excluding carboxylic acids is 2. The summed E-state index contributed by atoms with van der Waals surface area (Å²) in [4.78, 5) is 21.7. The van der Waals surface area contributed by atoms with E-state index in [1.807, 2.05) is 20.8 Å². The van der Waals surface area contributed by atoms with Gasteiger partial charge in [0.1, 0.15) is 0 Å². The van der Waals surface area contributed by atoms with Gasteiger partial charge in [-0.3, -0.25) is 9.59 Å². The SMILES string of the molecule is CC(=O)C=C(C)NCC(C)NC(C)=CC(C)=O. The van der Waals surface area contributed by atoms with E-state index in [0.717, 1.165) is 11.4 Å². The lowest BCUT2D eigenvalue weighted by atomic mass is 10.2. The maximum absolute atomic E-state index is 10.8. The molecule has 0 aromatic rings. The van der Waals surface area contributed by atoms with Crippen LogP contribution in [0.15, 0.2) is 23.5 Å². The Bertz CT molecular complexity index is 343. The van der Waals surface area contributed by atoms with Crippen molar-refractivity contribution in [1.82, 2.24) is 10.6 Å². The largest absolute Gasteiger partial charge is 0.386 e. The first-order valence-electron chi connectivity index (χ1n) is 5.69. The first-order valence-corrected chi connectivity index (χ1v) is 5.69. The van der Waals surface area contributed by atoms with E-state index in [0.29, 0.717) is 6.54 Å². The number of hydrogen-bond acceptors (Lipinski definition) is 4. The molecule has 0 saturated carbocycles. The van der Waals surface area contributed by atoms with Crippen LogP contribution in [0.5, 0.6) is 0 Å². The van der Waals surface area contributed by atoms with Crippen molar-refractivity contribution >= 4 is 11.6 Å². The summed E-state index contributed by atoms with van der Waals surface area (Å²) in [6.07, 6.45) is 3.12. The molecule has 0 aliphatic rings. The maximum Gasteiger partial charge on any atom is 0.154 e. The number of carbonyl (C=O) groups is 2. The standard InChI is InChI=1S/C13H22N2O2/c1-9(6-12(4)16)14-8-11(3)15-10(2)7-13(5)17/h6-7,11,14-15H,8H2,1-5H3. The van der Waals surface area contributed by atoms with Crippen molar-refractivity contribution in [2.75, 3.05) is 6.54 Å². The van der Waals surface area contributed by atoms with Gasteiger partial charge in [0.15, 0.2) is 11.6 Å². The fourth-order valence-electron chi connectivity index (χ4n) is 1.46. The summed E-state index contributed by atoms with van der Waals surface area (Å²) in [5.74, 6) is 0.0612. The molecule has 0 aliphatic heterocycles. The third-order valence-corrected chi connectivity index (χ3v) is 2.00. The minimum absolute atomic E-state index is 0.0304. The van der Waals surface area contributed by atoms with Gasteiger partial charge in [0.05, 0.1) is 0 Å². The third kappa shape index (κ3) is 9.35. The molecule has 0 heterocycles. The highest BCUT2D eigenvalue weighted by molar-refractivity contribution is 5.88. The van der Waals surface area contributed by atoms with E-state index in [-0.39, 0.29) is 17.6 Å². The molecule has 17 heavy (non-hydrogen) atoms. The van der Waals surface area contributed by atoms with Gasteiger partial charge < -0.3 is 10.6 Å². The van der Waals surface area contributed by atoms with Crippen LogP contribution in [0.4, 0.5) is 0 Å². The minimum atomic E-state index is 0.0304. The van der Waals surface area contributed by atoms with Gasteiger partial charge in [0, 0.05) is 24.0 Å². The Labute approximate surface area is 103 Å². The minimum Gasteiger partial charge on any atom is -0.386 e. The van der Waals surface area contributed by atoms with Crippen LogP contribution in [0.1, 0.15) is 34.6 Å². The monoisotopic (exact) mass is 238 g/mol. The molecule has 0 radical (unpaired) electrons. The molecule has 0 fully saturated rings. The molecule has 2 N–H and O–H groups in total. The van der Waals surface area contributed by atoms with Crippen LogP contribution >= 0.6 is 0 Å². The number of ketones is 2. The Morgan fingerprint density at radius 3 is 1.94 bits per heavy atom. The zero-order valence-electron chi connectivity index (χ0n) is 11.3. The smallest absolute Gasteiger partial charge is 0.154 e. The van der Waals surface area contributed by atoms with Gasteiger partial charge in [-0.05, 0) is 46.8 Å². The summed E-state index contributed by atoms with van der Waals surface area (Å²) in [6, 6.07) is 0.181. The molecule has 0 bridgehead atoms. The van der Waals surface area contributed by atoms with Crippen molar-refractivity contribution in [1.29, 1.82) is 0 Å². The quantitative estimate of drug-likeness (QED) is 0.661. The summed E-state index contributed by atoms with van der Waals surface area (Å²) in [7, 11) is 0. The van der Waals surface area contributed by atoms with Crippen molar-refractivity contribution in [3.05, 3.63) is 23.5 Å². The van der Waals surface area contributed by atoms with Crippen molar-refractivity contribution in [3.63, 3.8) is 0 Å². The first-order chi connectivity index (χ1) is 7.81. The second kappa shape index (κ2) is 7.65. The van der Waals surface area contributed by atoms with E-state index in [2.05, 4.69) is 10.6 Å². The van der Waals surface area contributed by atoms with Crippen LogP contribution in [0.2, 0.25) is 0 Å². The van der Waals surface area contributed by atoms with Gasteiger partial charge >= 0.3 is 0 Å². The summed E-state index contributed by atoms with van der Waals surface area (Å²) in [5, 5.41) is 6.32. The molecule has 0 amide bonds. The molecular weight excluding hydrogens is 216 g/mol. The Balaban J connectivity index is 4.08. The van der Waals surface area contributed by atoms with E-state index < -0.39 is 0 Å². The molecule has 1 unspecified atom stereocenters. The molecule has 0 aromatic carbocycles. The van der Waals surface area contributed by atoms with Gasteiger partial charge in [0.25, 0.3) is 0 Å². The van der Waals surface area contributed by atoms with E-state index in [9.17, 15) is 9.59 Å². The predicted molar refractivity (Wildman–Crippen MR) is 69.5 cm³/mol. The fraction of sp³-hybridized carbons (Fsp3) is 0.538. The van der Waals surface area contributed by atoms with E-state index >= 15 is 0 Å². The second-order valence-corrected chi connectivity index (χ2v) is 4.30. The van der Waals surface area contributed by atoms with E-state index in [1.165, 1.54) is 13.8 Å². The fourth-order valence-corrected chi connectivity index (χ4v) is 1.46. The Morgan fingerprint density at radius 2 is 1.47 bits per heavy atom. The van der Waals surface area contributed by atoms with Crippen molar-refractivity contribution < 1.29 is 9.59 Å². The van der Waals surface area contributed by atoms with Gasteiger partial charge in [-0.2, -0.15) is 0 Å². The van der Waals surface area contributed by atoms with Crippen LogP contribution in [-0.2, 0) is 9.59 Å². The van der Waals surface area contributed by atoms with Gasteiger partial charge in [-0.25, -0.2) is 0 Å². The molecule has 96 valence electrons. The van der Waals surface area contributed by atoms with Crippen molar-refractivity contribution in [3.8, 4) is 0 Å². The Kier molecular flexibility index (Phi) is 6.94. The lowest BCUT2D eigenvalue weighted by Gasteiger charge is -2.17. The van der Waals surface area contributed by atoms with Crippen molar-refractivity contribution in [2.24, 2.45) is 0 Å². The highest BCUT2D eigenvalue weighted by Gasteiger charge is 2.01. The molecule has 4 heteroatoms. The average molecular weight is 238 g/mol. The molecule has 0 saturated heterocycles. The second-order valence-electron chi connectivity index (χ2n) is 4.30. The molecule has 4 nitrogen and oxygen atoms in total. The Morgan fingerprint density at radius 1 is 1.00 bits per heavy atom. The van der Waals surface area contributed by atoms with Crippen LogP contribution < -0.4 is 10.6 Å².